The van der Waals surface area contributed by atoms with Crippen LogP contribution in [0.1, 0.15) is 44.5 Å². The summed E-state index contributed by atoms with van der Waals surface area (Å²) < 4.78 is 0. The Labute approximate surface area is 668 Å². The maximum absolute atomic E-state index is 5.52. The Morgan fingerprint density at radius 3 is 0.905 bits per heavy atom. The molecule has 0 radical (unpaired) electrons. The first kappa shape index (κ1) is 64.4. The Kier molecular flexibility index (Phi) is 13.7. The molecule has 0 fully saturated rings. The van der Waals surface area contributed by atoms with Crippen LogP contribution in [0.15, 0.2) is 388 Å². The van der Waals surface area contributed by atoms with Crippen LogP contribution in [0.25, 0.3) is 200 Å². The SMILES string of the molecule is c1ccc(-c2nc(-c3ccccc3)nc(-c3ccc(-c4ccc5cc6c(cc5c4)C4(c5ccccc5-c5ccccc54)c4c-6c5ccccc5c5cc(-c6cccc(-c7nc(-c8ccccc8)nc(-c8ccc9cc%10c(cc9c8)C8(c9ccccc9-c9ccccc98)c8c-%10c9ccccc9c9ccccc89)n7)c6)ccc45)cc3)n2)cc1. The van der Waals surface area contributed by atoms with Crippen LogP contribution >= 0.6 is 0 Å². The van der Waals surface area contributed by atoms with Gasteiger partial charge in [-0.25, -0.2) is 29.9 Å². The molecule has 21 aromatic rings. The van der Waals surface area contributed by atoms with Crippen molar-refractivity contribution in [2.24, 2.45) is 0 Å². The first-order valence-electron chi connectivity index (χ1n) is 39.9. The number of fused-ring (bicyclic) bond motifs is 32. The predicted octanol–water partition coefficient (Wildman–Crippen LogP) is 27.0. The van der Waals surface area contributed by atoms with Crippen LogP contribution in [0.3, 0.4) is 0 Å². The molecule has 0 unspecified atom stereocenters. The highest BCUT2D eigenvalue weighted by Crippen LogP contribution is 2.68. The van der Waals surface area contributed by atoms with E-state index in [-0.39, 0.29) is 0 Å². The van der Waals surface area contributed by atoms with Crippen molar-refractivity contribution in [2.75, 3.05) is 0 Å². The average Bonchev–Trinajstić information content (AvgIpc) is 1.50. The lowest BCUT2D eigenvalue weighted by Gasteiger charge is -2.32. The number of hydrogen-bond donors (Lipinski definition) is 0. The van der Waals surface area contributed by atoms with E-state index in [2.05, 4.69) is 322 Å². The van der Waals surface area contributed by atoms with Gasteiger partial charge in [0.25, 0.3) is 0 Å². The standard InChI is InChI=1S/C110H64N6/c1-4-25-66(26-5-1)103-111-104(67-27-6-2-7-28-67)113-106(112-103)69-49-47-65(48-50-69)71-51-52-73-61-92-97(63-77(73)58-71)110(95-45-22-18-38-84(95)85-39-19-23-46-96(85)110)102-89-56-55-72(60-90(89)81-35-11-14-41-87(81)100(92)102)70-31-24-32-75(57-70)107-114-105(68-29-8-3-9-30-68)115-108(116-107)76-54-53-74-62-91-98(64-78(74)59-76)109(93-43-20-16-36-82(93)83-37-17-21-44-94(83)109)101-88-42-15-12-34-80(88)79-33-10-13-40-86(79)99(91)101/h1-64H. The number of aromatic nitrogens is 6. The lowest BCUT2D eigenvalue weighted by atomic mass is 9.69. The van der Waals surface area contributed by atoms with Crippen molar-refractivity contribution in [3.8, 4) is 135 Å². The third-order valence-electron chi connectivity index (χ3n) is 25.5. The lowest BCUT2D eigenvalue weighted by molar-refractivity contribution is 0.803. The van der Waals surface area contributed by atoms with E-state index in [1.807, 2.05) is 66.7 Å². The zero-order chi connectivity index (χ0) is 75.9. The van der Waals surface area contributed by atoms with Crippen LogP contribution in [0.4, 0.5) is 0 Å². The molecular weight excluding hydrogens is 1410 g/mol. The minimum absolute atomic E-state index is 0.582. The quantitative estimate of drug-likeness (QED) is 0.141. The first-order valence-corrected chi connectivity index (χ1v) is 39.9. The first-order chi connectivity index (χ1) is 57.5. The second-order valence-corrected chi connectivity index (χ2v) is 31.4. The normalized spacial score (nSPS) is 13.3. The van der Waals surface area contributed by atoms with Gasteiger partial charge in [0.15, 0.2) is 34.9 Å². The average molecular weight is 1470 g/mol. The van der Waals surface area contributed by atoms with Gasteiger partial charge in [-0.15, -0.1) is 0 Å². The highest BCUT2D eigenvalue weighted by molar-refractivity contribution is 6.23. The zero-order valence-electron chi connectivity index (χ0n) is 62.6. The number of nitrogens with zero attached hydrogens (tertiary/aromatic N) is 6. The molecule has 2 heterocycles. The van der Waals surface area contributed by atoms with E-state index in [1.165, 1.54) is 143 Å². The molecule has 25 rings (SSSR count). The molecule has 0 saturated carbocycles. The largest absolute Gasteiger partial charge is 0.208 e. The maximum atomic E-state index is 5.52. The summed E-state index contributed by atoms with van der Waals surface area (Å²) in [7, 11) is 0. The van der Waals surface area contributed by atoms with Crippen LogP contribution in [-0.4, -0.2) is 29.9 Å². The summed E-state index contributed by atoms with van der Waals surface area (Å²) in [6, 6.07) is 143. The fourth-order valence-electron chi connectivity index (χ4n) is 20.6. The molecular formula is C110H64N6. The Balaban J connectivity index is 0.619. The lowest BCUT2D eigenvalue weighted by Crippen LogP contribution is -2.26. The molecule has 0 aliphatic heterocycles. The minimum Gasteiger partial charge on any atom is -0.208 e. The Hall–Kier alpha value is -15.2. The predicted molar refractivity (Wildman–Crippen MR) is 474 cm³/mol. The summed E-state index contributed by atoms with van der Waals surface area (Å²) in [5, 5.41) is 14.6. The molecule has 116 heavy (non-hydrogen) atoms. The van der Waals surface area contributed by atoms with Gasteiger partial charge in [0.05, 0.1) is 10.8 Å². The second-order valence-electron chi connectivity index (χ2n) is 31.4. The third-order valence-corrected chi connectivity index (χ3v) is 25.5. The topological polar surface area (TPSA) is 77.3 Å². The Bertz CT molecular complexity index is 7680. The van der Waals surface area contributed by atoms with Crippen molar-refractivity contribution in [1.29, 1.82) is 0 Å². The molecule has 19 aromatic carbocycles. The fraction of sp³-hybridized carbons (Fsp3) is 0.0182. The van der Waals surface area contributed by atoms with Crippen LogP contribution in [0, 0.1) is 0 Å². The molecule has 0 amide bonds. The molecule has 4 aliphatic rings. The van der Waals surface area contributed by atoms with E-state index in [1.54, 1.807) is 0 Å². The van der Waals surface area contributed by atoms with Gasteiger partial charge >= 0.3 is 0 Å². The summed E-state index contributed by atoms with van der Waals surface area (Å²) in [5.41, 5.74) is 29.4. The molecule has 2 spiro atoms. The highest BCUT2D eigenvalue weighted by Gasteiger charge is 2.55. The molecule has 2 aromatic heterocycles. The highest BCUT2D eigenvalue weighted by atomic mass is 15.0. The summed E-state index contributed by atoms with van der Waals surface area (Å²) >= 11 is 0. The monoisotopic (exact) mass is 1470 g/mol. The van der Waals surface area contributed by atoms with Crippen LogP contribution < -0.4 is 0 Å². The van der Waals surface area contributed by atoms with Gasteiger partial charge in [0.2, 0.25) is 0 Å². The molecule has 534 valence electrons. The van der Waals surface area contributed by atoms with Gasteiger partial charge in [-0.3, -0.25) is 0 Å². The van der Waals surface area contributed by atoms with Crippen molar-refractivity contribution in [3.05, 3.63) is 433 Å². The van der Waals surface area contributed by atoms with E-state index in [0.717, 1.165) is 66.4 Å². The number of benzene rings is 19. The molecule has 0 saturated heterocycles. The molecule has 6 nitrogen and oxygen atoms in total. The van der Waals surface area contributed by atoms with E-state index < -0.39 is 10.8 Å². The van der Waals surface area contributed by atoms with Gasteiger partial charge in [-0.2, -0.15) is 0 Å². The minimum atomic E-state index is -0.653. The van der Waals surface area contributed by atoms with Crippen molar-refractivity contribution < 1.29 is 0 Å². The van der Waals surface area contributed by atoms with Crippen molar-refractivity contribution in [1.82, 2.24) is 29.9 Å². The van der Waals surface area contributed by atoms with Crippen LogP contribution in [0.2, 0.25) is 0 Å². The van der Waals surface area contributed by atoms with E-state index in [4.69, 9.17) is 29.9 Å². The van der Waals surface area contributed by atoms with Gasteiger partial charge in [-0.1, -0.05) is 340 Å². The van der Waals surface area contributed by atoms with E-state index in [9.17, 15) is 0 Å². The number of rotatable bonds is 8. The number of hydrogen-bond acceptors (Lipinski definition) is 6. The van der Waals surface area contributed by atoms with Crippen LogP contribution in [-0.2, 0) is 10.8 Å². The van der Waals surface area contributed by atoms with Crippen molar-refractivity contribution in [2.45, 2.75) is 10.8 Å². The second kappa shape index (κ2) is 24.6. The van der Waals surface area contributed by atoms with Gasteiger partial charge in [-0.05, 0) is 224 Å². The third kappa shape index (κ3) is 9.17. The van der Waals surface area contributed by atoms with Gasteiger partial charge in [0, 0.05) is 33.4 Å². The summed E-state index contributed by atoms with van der Waals surface area (Å²) in [6.07, 6.45) is 0. The van der Waals surface area contributed by atoms with E-state index >= 15 is 0 Å². The smallest absolute Gasteiger partial charge is 0.164 e. The van der Waals surface area contributed by atoms with E-state index in [0.29, 0.717) is 34.9 Å². The Morgan fingerprint density at radius 2 is 0.440 bits per heavy atom. The molecule has 4 aliphatic carbocycles. The summed E-state index contributed by atoms with van der Waals surface area (Å²) in [5.74, 6) is 3.72. The molecule has 6 heteroatoms. The zero-order valence-corrected chi connectivity index (χ0v) is 62.6. The van der Waals surface area contributed by atoms with Crippen molar-refractivity contribution >= 4 is 64.6 Å². The fourth-order valence-corrected chi connectivity index (χ4v) is 20.6. The Morgan fingerprint density at radius 1 is 0.147 bits per heavy atom. The van der Waals surface area contributed by atoms with Crippen molar-refractivity contribution in [3.63, 3.8) is 0 Å². The molecule has 0 bridgehead atoms. The molecule has 0 N–H and O–H groups in total. The van der Waals surface area contributed by atoms with Gasteiger partial charge < -0.3 is 0 Å². The summed E-state index contributed by atoms with van der Waals surface area (Å²) in [4.78, 5) is 31.4. The maximum Gasteiger partial charge on any atom is 0.164 e. The van der Waals surface area contributed by atoms with Crippen LogP contribution in [0.5, 0.6) is 0 Å². The molecule has 0 atom stereocenters. The summed E-state index contributed by atoms with van der Waals surface area (Å²) in [6.45, 7) is 0. The van der Waals surface area contributed by atoms with Gasteiger partial charge in [0.1, 0.15) is 0 Å².